The highest BCUT2D eigenvalue weighted by molar-refractivity contribution is 5.84. The Bertz CT molecular complexity index is 783. The van der Waals surface area contributed by atoms with Crippen LogP contribution in [0.15, 0.2) is 5.11 Å². The van der Waals surface area contributed by atoms with Crippen LogP contribution in [0.4, 0.5) is 0 Å². The molecule has 1 N–H and O–H groups in total. The van der Waals surface area contributed by atoms with Crippen LogP contribution >= 0.6 is 0 Å². The van der Waals surface area contributed by atoms with Gasteiger partial charge in [0.25, 0.3) is 0 Å². The zero-order valence-electron chi connectivity index (χ0n) is 17.1. The van der Waals surface area contributed by atoms with Crippen LogP contribution < -0.4 is 5.32 Å². The molecule has 0 aliphatic carbocycles. The molecule has 0 aromatic heterocycles. The quantitative estimate of drug-likeness (QED) is 0.283. The third-order valence-corrected chi connectivity index (χ3v) is 5.25. The van der Waals surface area contributed by atoms with E-state index in [2.05, 4.69) is 15.3 Å². The van der Waals surface area contributed by atoms with Gasteiger partial charge in [0.05, 0.1) is 13.2 Å². The Balaban J connectivity index is 1.52. The third-order valence-electron chi connectivity index (χ3n) is 5.25. The number of azide groups is 1. The molecule has 2 unspecified atom stereocenters. The lowest BCUT2D eigenvalue weighted by Gasteiger charge is -2.27. The minimum atomic E-state index is -1.19. The summed E-state index contributed by atoms with van der Waals surface area (Å²) in [5.41, 5.74) is 8.94. The number of rotatable bonds is 4. The van der Waals surface area contributed by atoms with E-state index in [0.717, 1.165) is 0 Å². The molecule has 4 aliphatic heterocycles. The topological polar surface area (TPSA) is 160 Å². The van der Waals surface area contributed by atoms with Crippen molar-refractivity contribution >= 4 is 11.9 Å². The van der Waals surface area contributed by atoms with Crippen molar-refractivity contribution in [2.24, 2.45) is 5.11 Å². The summed E-state index contributed by atoms with van der Waals surface area (Å²) >= 11 is 0. The lowest BCUT2D eigenvalue weighted by Crippen LogP contribution is -2.55. The Hall–Kier alpha value is -1.99. The van der Waals surface area contributed by atoms with E-state index in [1.165, 1.54) is 7.11 Å². The van der Waals surface area contributed by atoms with Crippen molar-refractivity contribution in [1.29, 1.82) is 0 Å². The van der Waals surface area contributed by atoms with Crippen LogP contribution in [0.5, 0.6) is 0 Å². The molecule has 4 rings (SSSR count). The summed E-state index contributed by atoms with van der Waals surface area (Å²) in [4.78, 5) is 28.0. The molecular formula is C17H24N4O9. The Labute approximate surface area is 171 Å². The predicted molar refractivity (Wildman–Crippen MR) is 94.3 cm³/mol. The fraction of sp³-hybridized carbons (Fsp3) is 0.882. The second-order valence-electron chi connectivity index (χ2n) is 8.30. The molecule has 0 aromatic carbocycles. The van der Waals surface area contributed by atoms with Crippen LogP contribution in [0, 0.1) is 0 Å². The van der Waals surface area contributed by atoms with Crippen LogP contribution in [0.2, 0.25) is 0 Å². The SMILES string of the molecule is COC(=O)[C@H]1O[C@@H]2OC(C)(C)O[C@@H]2[C@H]1NC(=O)[C@H]1OC2OC(C)(C)OC2[C@@H]1N=[N+]=[N-]. The normalized spacial score (nSPS) is 42.8. The van der Waals surface area contributed by atoms with Gasteiger partial charge in [-0.2, -0.15) is 0 Å². The first-order valence-corrected chi connectivity index (χ1v) is 9.50. The van der Waals surface area contributed by atoms with Crippen molar-refractivity contribution < 1.29 is 42.7 Å². The Morgan fingerprint density at radius 3 is 2.13 bits per heavy atom. The molecule has 4 aliphatic rings. The molecule has 30 heavy (non-hydrogen) atoms. The molecular weight excluding hydrogens is 404 g/mol. The van der Waals surface area contributed by atoms with Gasteiger partial charge in [0.1, 0.15) is 18.2 Å². The summed E-state index contributed by atoms with van der Waals surface area (Å²) < 4.78 is 38.9. The molecule has 4 heterocycles. The molecule has 13 heteroatoms. The number of hydrogen-bond donors (Lipinski definition) is 1. The van der Waals surface area contributed by atoms with Crippen LogP contribution in [-0.2, 0) is 42.7 Å². The molecule has 13 nitrogen and oxygen atoms in total. The smallest absolute Gasteiger partial charge is 0.337 e. The average molecular weight is 428 g/mol. The Morgan fingerprint density at radius 2 is 1.53 bits per heavy atom. The van der Waals surface area contributed by atoms with Gasteiger partial charge >= 0.3 is 5.97 Å². The van der Waals surface area contributed by atoms with Crippen LogP contribution in [-0.4, -0.2) is 79.6 Å². The molecule has 0 aromatic rings. The molecule has 166 valence electrons. The summed E-state index contributed by atoms with van der Waals surface area (Å²) in [7, 11) is 1.21. The van der Waals surface area contributed by atoms with E-state index in [9.17, 15) is 9.59 Å². The number of nitrogens with zero attached hydrogens (tertiary/aromatic N) is 3. The lowest BCUT2D eigenvalue weighted by atomic mass is 10.0. The molecule has 0 saturated carbocycles. The number of methoxy groups -OCH3 is 1. The van der Waals surface area contributed by atoms with Crippen LogP contribution in [0.1, 0.15) is 27.7 Å². The Morgan fingerprint density at radius 1 is 0.967 bits per heavy atom. The Kier molecular flexibility index (Phi) is 5.18. The largest absolute Gasteiger partial charge is 0.467 e. The monoisotopic (exact) mass is 428 g/mol. The summed E-state index contributed by atoms with van der Waals surface area (Å²) in [6, 6.07) is -1.88. The molecule has 4 fully saturated rings. The number of esters is 1. The van der Waals surface area contributed by atoms with E-state index >= 15 is 0 Å². The van der Waals surface area contributed by atoms with Crippen molar-refractivity contribution in [3.05, 3.63) is 10.4 Å². The molecule has 8 atom stereocenters. The van der Waals surface area contributed by atoms with Gasteiger partial charge in [-0.25, -0.2) is 4.79 Å². The number of carbonyl (C=O) groups is 2. The fourth-order valence-electron chi connectivity index (χ4n) is 4.12. The lowest BCUT2D eigenvalue weighted by molar-refractivity contribution is -0.214. The van der Waals surface area contributed by atoms with Gasteiger partial charge in [0.2, 0.25) is 5.91 Å². The van der Waals surface area contributed by atoms with Crippen molar-refractivity contribution in [3.8, 4) is 0 Å². The average Bonchev–Trinajstić information content (AvgIpc) is 3.32. The second-order valence-corrected chi connectivity index (χ2v) is 8.30. The first-order chi connectivity index (χ1) is 14.0. The molecule has 1 amide bonds. The van der Waals surface area contributed by atoms with Crippen molar-refractivity contribution in [2.75, 3.05) is 7.11 Å². The summed E-state index contributed by atoms with van der Waals surface area (Å²) in [6.45, 7) is 6.76. The summed E-state index contributed by atoms with van der Waals surface area (Å²) in [5, 5.41) is 6.38. The first kappa shape index (κ1) is 21.2. The second kappa shape index (κ2) is 7.31. The minimum Gasteiger partial charge on any atom is -0.467 e. The van der Waals surface area contributed by atoms with E-state index in [-0.39, 0.29) is 0 Å². The zero-order chi connectivity index (χ0) is 21.8. The molecule has 0 bridgehead atoms. The van der Waals surface area contributed by atoms with Crippen molar-refractivity contribution in [1.82, 2.24) is 5.32 Å². The van der Waals surface area contributed by atoms with Gasteiger partial charge in [-0.05, 0) is 33.2 Å². The van der Waals surface area contributed by atoms with E-state index < -0.39 is 72.5 Å². The van der Waals surface area contributed by atoms with Crippen molar-refractivity contribution in [3.63, 3.8) is 0 Å². The van der Waals surface area contributed by atoms with E-state index in [4.69, 9.17) is 38.7 Å². The van der Waals surface area contributed by atoms with Gasteiger partial charge in [-0.3, -0.25) is 4.79 Å². The van der Waals surface area contributed by atoms with Crippen LogP contribution in [0.3, 0.4) is 0 Å². The maximum absolute atomic E-state index is 13.1. The van der Waals surface area contributed by atoms with E-state index in [1.54, 1.807) is 27.7 Å². The number of hydrogen-bond acceptors (Lipinski definition) is 10. The van der Waals surface area contributed by atoms with Gasteiger partial charge in [0, 0.05) is 4.91 Å². The predicted octanol–water partition coefficient (Wildman–Crippen LogP) is 0.0759. The maximum atomic E-state index is 13.1. The highest BCUT2D eigenvalue weighted by atomic mass is 16.8. The number of ether oxygens (including phenoxy) is 7. The number of fused-ring (bicyclic) bond motifs is 2. The number of carbonyl (C=O) groups excluding carboxylic acids is 2. The fourth-order valence-corrected chi connectivity index (χ4v) is 4.12. The maximum Gasteiger partial charge on any atom is 0.337 e. The van der Waals surface area contributed by atoms with E-state index in [0.29, 0.717) is 0 Å². The molecule has 0 radical (unpaired) electrons. The highest BCUT2D eigenvalue weighted by Gasteiger charge is 2.60. The number of nitrogens with one attached hydrogen (secondary N) is 1. The standard InChI is InChI=1S/C17H24N4O9/c1-16(2)27-10-6(9(13(23)24-5)26-14(10)29-16)19-12(22)8-7(20-21-18)11-15(25-8)30-17(3,4)28-11/h6-11,14-15H,1-5H3,(H,19,22)/t6-,7+,8-,9-,10+,11?,14+,15?/m0/s1. The molecule has 4 saturated heterocycles. The number of amides is 1. The molecule has 0 spiro atoms. The third kappa shape index (κ3) is 3.62. The van der Waals surface area contributed by atoms with Crippen LogP contribution in [0.25, 0.3) is 10.4 Å². The van der Waals surface area contributed by atoms with Gasteiger partial charge in [-0.15, -0.1) is 0 Å². The van der Waals surface area contributed by atoms with Gasteiger partial charge < -0.3 is 38.5 Å². The zero-order valence-corrected chi connectivity index (χ0v) is 17.1. The minimum absolute atomic E-state index is 0.636. The van der Waals surface area contributed by atoms with Gasteiger partial charge in [0.15, 0.2) is 36.4 Å². The van der Waals surface area contributed by atoms with E-state index in [1.807, 2.05) is 0 Å². The highest BCUT2D eigenvalue weighted by Crippen LogP contribution is 2.40. The summed E-state index contributed by atoms with van der Waals surface area (Å²) in [6.07, 6.45) is -5.58. The summed E-state index contributed by atoms with van der Waals surface area (Å²) in [5.74, 6) is -3.23. The first-order valence-electron chi connectivity index (χ1n) is 9.50. The van der Waals surface area contributed by atoms with Gasteiger partial charge in [-0.1, -0.05) is 5.11 Å². The van der Waals surface area contributed by atoms with Crippen molar-refractivity contribution in [2.45, 2.75) is 88.3 Å².